The van der Waals surface area contributed by atoms with Gasteiger partial charge in [-0.25, -0.2) is 4.39 Å². The molecule has 0 unspecified atom stereocenters. The Kier molecular flexibility index (Phi) is 4.15. The number of hydrogen-bond donors (Lipinski definition) is 1. The van der Waals surface area contributed by atoms with Crippen LogP contribution in [0.4, 0.5) is 10.1 Å². The lowest BCUT2D eigenvalue weighted by atomic mass is 10.1. The highest BCUT2D eigenvalue weighted by Gasteiger charge is 2.02. The van der Waals surface area contributed by atoms with Gasteiger partial charge in [-0.2, -0.15) is 5.26 Å². The van der Waals surface area contributed by atoms with Gasteiger partial charge in [0.05, 0.1) is 11.6 Å². The van der Waals surface area contributed by atoms with Gasteiger partial charge in [-0.1, -0.05) is 18.2 Å². The molecule has 0 aliphatic heterocycles. The number of nitriles is 1. The van der Waals surface area contributed by atoms with Crippen LogP contribution < -0.4 is 5.32 Å². The van der Waals surface area contributed by atoms with Gasteiger partial charge >= 0.3 is 0 Å². The molecule has 0 radical (unpaired) electrons. The molecule has 0 atom stereocenters. The van der Waals surface area contributed by atoms with Crippen LogP contribution in [0.5, 0.6) is 0 Å². The first-order chi connectivity index (χ1) is 9.20. The summed E-state index contributed by atoms with van der Waals surface area (Å²) < 4.78 is 13.4. The van der Waals surface area contributed by atoms with Crippen molar-refractivity contribution >= 4 is 5.69 Å². The highest BCUT2D eigenvalue weighted by atomic mass is 19.1. The van der Waals surface area contributed by atoms with Crippen molar-refractivity contribution in [3.05, 3.63) is 65.0 Å². The minimum Gasteiger partial charge on any atom is -0.384 e. The van der Waals surface area contributed by atoms with E-state index in [1.807, 2.05) is 25.1 Å². The standard InChI is InChI=1S/C16H15FN2/c1-12-10-13(11-18)6-7-16(12)19-9-8-14-4-2-3-5-15(14)17/h2-7,10,19H,8-9H2,1H3. The summed E-state index contributed by atoms with van der Waals surface area (Å²) in [6.45, 7) is 2.61. The average molecular weight is 254 g/mol. The molecule has 2 aromatic rings. The largest absolute Gasteiger partial charge is 0.384 e. The molecule has 0 bridgehead atoms. The van der Waals surface area contributed by atoms with Crippen molar-refractivity contribution in [3.8, 4) is 6.07 Å². The fraction of sp³-hybridized carbons (Fsp3) is 0.188. The van der Waals surface area contributed by atoms with Gasteiger partial charge in [-0.15, -0.1) is 0 Å². The van der Waals surface area contributed by atoms with E-state index >= 15 is 0 Å². The third-order valence-corrected chi connectivity index (χ3v) is 3.02. The van der Waals surface area contributed by atoms with Gasteiger partial charge in [-0.3, -0.25) is 0 Å². The molecule has 1 N–H and O–H groups in total. The fourth-order valence-electron chi connectivity index (χ4n) is 1.96. The summed E-state index contributed by atoms with van der Waals surface area (Å²) in [5.41, 5.74) is 3.36. The maximum Gasteiger partial charge on any atom is 0.126 e. The van der Waals surface area contributed by atoms with Gasteiger partial charge in [0.2, 0.25) is 0 Å². The van der Waals surface area contributed by atoms with E-state index in [1.165, 1.54) is 6.07 Å². The number of hydrogen-bond acceptors (Lipinski definition) is 2. The monoisotopic (exact) mass is 254 g/mol. The maximum absolute atomic E-state index is 13.4. The van der Waals surface area contributed by atoms with Crippen LogP contribution in [-0.2, 0) is 6.42 Å². The summed E-state index contributed by atoms with van der Waals surface area (Å²) in [4.78, 5) is 0. The number of aryl methyl sites for hydroxylation is 1. The summed E-state index contributed by atoms with van der Waals surface area (Å²) in [6, 6.07) is 14.4. The third kappa shape index (κ3) is 3.32. The lowest BCUT2D eigenvalue weighted by molar-refractivity contribution is 0.610. The van der Waals surface area contributed by atoms with Crippen LogP contribution in [0.2, 0.25) is 0 Å². The van der Waals surface area contributed by atoms with Crippen LogP contribution in [0.1, 0.15) is 16.7 Å². The Bertz CT molecular complexity index is 614. The van der Waals surface area contributed by atoms with E-state index in [0.29, 0.717) is 24.1 Å². The second-order valence-electron chi connectivity index (χ2n) is 4.41. The Balaban J connectivity index is 1.97. The molecule has 0 saturated heterocycles. The normalized spacial score (nSPS) is 9.95. The quantitative estimate of drug-likeness (QED) is 0.903. The predicted octanol–water partition coefficient (Wildman–Crippen LogP) is 3.66. The molecular formula is C16H15FN2. The minimum atomic E-state index is -0.166. The summed E-state index contributed by atoms with van der Waals surface area (Å²) in [5, 5.41) is 12.1. The topological polar surface area (TPSA) is 35.8 Å². The molecule has 0 aliphatic carbocycles. The first kappa shape index (κ1) is 13.1. The van der Waals surface area contributed by atoms with Crippen LogP contribution in [-0.4, -0.2) is 6.54 Å². The highest BCUT2D eigenvalue weighted by Crippen LogP contribution is 2.16. The predicted molar refractivity (Wildman–Crippen MR) is 74.5 cm³/mol. The number of anilines is 1. The molecule has 0 heterocycles. The molecule has 0 saturated carbocycles. The van der Waals surface area contributed by atoms with Crippen molar-refractivity contribution < 1.29 is 4.39 Å². The molecule has 0 aromatic heterocycles. The first-order valence-electron chi connectivity index (χ1n) is 6.19. The number of nitrogens with zero attached hydrogens (tertiary/aromatic N) is 1. The van der Waals surface area contributed by atoms with Crippen LogP contribution in [0.15, 0.2) is 42.5 Å². The second kappa shape index (κ2) is 6.01. The molecule has 2 aromatic carbocycles. The van der Waals surface area contributed by atoms with E-state index in [-0.39, 0.29) is 5.82 Å². The van der Waals surface area contributed by atoms with Crippen molar-refractivity contribution in [2.75, 3.05) is 11.9 Å². The van der Waals surface area contributed by atoms with Crippen molar-refractivity contribution in [2.45, 2.75) is 13.3 Å². The zero-order chi connectivity index (χ0) is 13.7. The Morgan fingerprint density at radius 3 is 2.68 bits per heavy atom. The molecule has 96 valence electrons. The minimum absolute atomic E-state index is 0.166. The van der Waals surface area contributed by atoms with Crippen LogP contribution >= 0.6 is 0 Å². The van der Waals surface area contributed by atoms with Gasteiger partial charge in [0.1, 0.15) is 5.82 Å². The molecular weight excluding hydrogens is 239 g/mol. The second-order valence-corrected chi connectivity index (χ2v) is 4.41. The Morgan fingerprint density at radius 2 is 2.00 bits per heavy atom. The molecule has 0 amide bonds. The van der Waals surface area contributed by atoms with E-state index in [2.05, 4.69) is 11.4 Å². The van der Waals surface area contributed by atoms with Crippen molar-refractivity contribution in [1.82, 2.24) is 0 Å². The lowest BCUT2D eigenvalue weighted by Gasteiger charge is -2.10. The van der Waals surface area contributed by atoms with Crippen LogP contribution in [0.3, 0.4) is 0 Å². The Labute approximate surface area is 112 Å². The molecule has 19 heavy (non-hydrogen) atoms. The van der Waals surface area contributed by atoms with Crippen LogP contribution in [0.25, 0.3) is 0 Å². The van der Waals surface area contributed by atoms with Crippen molar-refractivity contribution in [1.29, 1.82) is 5.26 Å². The van der Waals surface area contributed by atoms with Crippen molar-refractivity contribution in [2.24, 2.45) is 0 Å². The third-order valence-electron chi connectivity index (χ3n) is 3.02. The summed E-state index contributed by atoms with van der Waals surface area (Å²) >= 11 is 0. The molecule has 0 spiro atoms. The van der Waals surface area contributed by atoms with E-state index in [9.17, 15) is 4.39 Å². The number of halogens is 1. The van der Waals surface area contributed by atoms with E-state index in [1.54, 1.807) is 18.2 Å². The fourth-order valence-corrected chi connectivity index (χ4v) is 1.96. The molecule has 2 nitrogen and oxygen atoms in total. The van der Waals surface area contributed by atoms with Gasteiger partial charge < -0.3 is 5.32 Å². The zero-order valence-corrected chi connectivity index (χ0v) is 10.8. The van der Waals surface area contributed by atoms with E-state index in [0.717, 1.165) is 11.3 Å². The number of benzene rings is 2. The van der Waals surface area contributed by atoms with E-state index in [4.69, 9.17) is 5.26 Å². The molecule has 2 rings (SSSR count). The highest BCUT2D eigenvalue weighted by molar-refractivity contribution is 5.54. The summed E-state index contributed by atoms with van der Waals surface area (Å²) in [5.74, 6) is -0.166. The van der Waals surface area contributed by atoms with Gasteiger partial charge in [0.15, 0.2) is 0 Å². The summed E-state index contributed by atoms with van der Waals surface area (Å²) in [6.07, 6.45) is 0.631. The molecule has 3 heteroatoms. The van der Waals surface area contributed by atoms with Gasteiger partial charge in [0.25, 0.3) is 0 Å². The maximum atomic E-state index is 13.4. The Morgan fingerprint density at radius 1 is 1.21 bits per heavy atom. The van der Waals surface area contributed by atoms with Crippen LogP contribution in [0, 0.1) is 24.1 Å². The Hall–Kier alpha value is -2.34. The average Bonchev–Trinajstić information content (AvgIpc) is 2.42. The SMILES string of the molecule is Cc1cc(C#N)ccc1NCCc1ccccc1F. The molecule has 0 fully saturated rings. The first-order valence-corrected chi connectivity index (χ1v) is 6.19. The van der Waals surface area contributed by atoms with Gasteiger partial charge in [0, 0.05) is 12.2 Å². The summed E-state index contributed by atoms with van der Waals surface area (Å²) in [7, 11) is 0. The van der Waals surface area contributed by atoms with E-state index < -0.39 is 0 Å². The van der Waals surface area contributed by atoms with Gasteiger partial charge in [-0.05, 0) is 48.7 Å². The smallest absolute Gasteiger partial charge is 0.126 e. The lowest BCUT2D eigenvalue weighted by Crippen LogP contribution is -2.07. The molecule has 0 aliphatic rings. The number of rotatable bonds is 4. The zero-order valence-electron chi connectivity index (χ0n) is 10.8. The number of nitrogens with one attached hydrogen (secondary N) is 1. The van der Waals surface area contributed by atoms with Crippen molar-refractivity contribution in [3.63, 3.8) is 0 Å².